The zero-order chi connectivity index (χ0) is 22.7. The molecule has 32 heavy (non-hydrogen) atoms. The maximum absolute atomic E-state index is 13.6. The topological polar surface area (TPSA) is 57.6 Å². The monoisotopic (exact) mass is 441 g/mol. The Kier molecular flexibility index (Phi) is 6.19. The van der Waals surface area contributed by atoms with Crippen molar-refractivity contribution in [3.05, 3.63) is 112 Å². The van der Waals surface area contributed by atoms with E-state index in [1.807, 2.05) is 86.6 Å². The highest BCUT2D eigenvalue weighted by Crippen LogP contribution is 2.38. The number of carboxylic acids is 1. The molecule has 0 spiro atoms. The number of rotatable bonds is 6. The first-order valence-electron chi connectivity index (χ1n) is 10.3. The number of nitrogens with zero attached hydrogens (tertiary/aromatic N) is 1. The highest BCUT2D eigenvalue weighted by atomic mass is 32.1. The van der Waals surface area contributed by atoms with Gasteiger partial charge in [-0.25, -0.2) is 4.79 Å². The predicted molar refractivity (Wildman–Crippen MR) is 130 cm³/mol. The van der Waals surface area contributed by atoms with Gasteiger partial charge < -0.3 is 10.0 Å². The van der Waals surface area contributed by atoms with Crippen molar-refractivity contribution in [1.29, 1.82) is 0 Å². The molecule has 0 saturated heterocycles. The van der Waals surface area contributed by atoms with Crippen molar-refractivity contribution in [1.82, 2.24) is 0 Å². The summed E-state index contributed by atoms with van der Waals surface area (Å²) in [5.74, 6) is -1.27. The van der Waals surface area contributed by atoms with E-state index in [0.717, 1.165) is 27.1 Å². The van der Waals surface area contributed by atoms with Gasteiger partial charge in [0.25, 0.3) is 5.91 Å². The van der Waals surface area contributed by atoms with Gasteiger partial charge in [0, 0.05) is 10.4 Å². The lowest BCUT2D eigenvalue weighted by Gasteiger charge is -2.24. The Bertz CT molecular complexity index is 1260. The van der Waals surface area contributed by atoms with Gasteiger partial charge in [0.15, 0.2) is 0 Å². The minimum atomic E-state index is -1.04. The number of carbonyl (C=O) groups excluding carboxylic acids is 1. The highest BCUT2D eigenvalue weighted by Gasteiger charge is 2.27. The van der Waals surface area contributed by atoms with Gasteiger partial charge in [-0.3, -0.25) is 4.79 Å². The van der Waals surface area contributed by atoms with Crippen LogP contribution in [0.4, 0.5) is 5.69 Å². The summed E-state index contributed by atoms with van der Waals surface area (Å²) in [6.45, 7) is 4.24. The number of carboxylic acid groups (broad SMARTS) is 1. The van der Waals surface area contributed by atoms with Crippen LogP contribution in [-0.4, -0.2) is 17.0 Å². The molecule has 4 aromatic rings. The average Bonchev–Trinajstić information content (AvgIpc) is 3.25. The van der Waals surface area contributed by atoms with Crippen LogP contribution in [0.5, 0.6) is 0 Å². The second-order valence-corrected chi connectivity index (χ2v) is 8.73. The standard InChI is InChI=1S/C27H23NO3S/c1-18-12-14-21(15-13-18)26(29)28(17-22-11-7-6-8-19(22)2)23-16-24(32-25(23)27(30)31)20-9-4-3-5-10-20/h3-16H,17H2,1-2H3,(H,30,31). The molecular weight excluding hydrogens is 418 g/mol. The van der Waals surface area contributed by atoms with Gasteiger partial charge in [-0.05, 0) is 48.7 Å². The lowest BCUT2D eigenvalue weighted by molar-refractivity contribution is 0.0703. The highest BCUT2D eigenvalue weighted by molar-refractivity contribution is 7.18. The Morgan fingerprint density at radius 1 is 0.875 bits per heavy atom. The summed E-state index contributed by atoms with van der Waals surface area (Å²) in [7, 11) is 0. The Balaban J connectivity index is 1.84. The third-order valence-corrected chi connectivity index (χ3v) is 6.55. The second-order valence-electron chi connectivity index (χ2n) is 7.68. The molecule has 0 aliphatic rings. The minimum absolute atomic E-state index is 0.151. The molecule has 0 aliphatic heterocycles. The summed E-state index contributed by atoms with van der Waals surface area (Å²) < 4.78 is 0. The van der Waals surface area contributed by atoms with E-state index in [9.17, 15) is 14.7 Å². The maximum atomic E-state index is 13.6. The normalized spacial score (nSPS) is 10.7. The van der Waals surface area contributed by atoms with Crippen LogP contribution in [0.3, 0.4) is 0 Å². The molecule has 0 bridgehead atoms. The molecule has 0 radical (unpaired) electrons. The fraction of sp³-hybridized carbons (Fsp3) is 0.111. The summed E-state index contributed by atoms with van der Waals surface area (Å²) in [5.41, 5.74) is 4.93. The smallest absolute Gasteiger partial charge is 0.348 e. The molecular formula is C27H23NO3S. The van der Waals surface area contributed by atoms with Crippen LogP contribution in [0.2, 0.25) is 0 Å². The molecule has 1 N–H and O–H groups in total. The number of thiophene rings is 1. The Morgan fingerprint density at radius 3 is 2.19 bits per heavy atom. The molecule has 0 unspecified atom stereocenters. The molecule has 3 aromatic carbocycles. The van der Waals surface area contributed by atoms with E-state index in [4.69, 9.17) is 0 Å². The van der Waals surface area contributed by atoms with Gasteiger partial charge in [0.05, 0.1) is 12.2 Å². The van der Waals surface area contributed by atoms with Gasteiger partial charge in [-0.15, -0.1) is 11.3 Å². The summed E-state index contributed by atoms with van der Waals surface area (Å²) >= 11 is 1.19. The SMILES string of the molecule is Cc1ccc(C(=O)N(Cc2ccccc2C)c2cc(-c3ccccc3)sc2C(=O)O)cc1. The summed E-state index contributed by atoms with van der Waals surface area (Å²) in [4.78, 5) is 28.3. The lowest BCUT2D eigenvalue weighted by Crippen LogP contribution is -2.31. The largest absolute Gasteiger partial charge is 0.477 e. The molecule has 1 heterocycles. The number of aryl methyl sites for hydroxylation is 2. The van der Waals surface area contributed by atoms with Gasteiger partial charge in [0.2, 0.25) is 0 Å². The third kappa shape index (κ3) is 4.48. The van der Waals surface area contributed by atoms with Crippen molar-refractivity contribution in [3.8, 4) is 10.4 Å². The molecule has 1 amide bonds. The number of hydrogen-bond donors (Lipinski definition) is 1. The molecule has 5 heteroatoms. The fourth-order valence-corrected chi connectivity index (χ4v) is 4.56. The zero-order valence-electron chi connectivity index (χ0n) is 17.9. The van der Waals surface area contributed by atoms with Crippen molar-refractivity contribution in [2.75, 3.05) is 4.90 Å². The van der Waals surface area contributed by atoms with Crippen LogP contribution in [-0.2, 0) is 6.54 Å². The molecule has 0 saturated carbocycles. The van der Waals surface area contributed by atoms with Gasteiger partial charge in [-0.2, -0.15) is 0 Å². The second kappa shape index (κ2) is 9.20. The summed E-state index contributed by atoms with van der Waals surface area (Å²) in [5, 5.41) is 9.96. The van der Waals surface area contributed by atoms with Crippen LogP contribution >= 0.6 is 11.3 Å². The van der Waals surface area contributed by atoms with Crippen LogP contribution in [0.25, 0.3) is 10.4 Å². The number of aromatic carboxylic acids is 1. The molecule has 1 aromatic heterocycles. The maximum Gasteiger partial charge on any atom is 0.348 e. The van der Waals surface area contributed by atoms with E-state index in [2.05, 4.69) is 0 Å². The Hall–Kier alpha value is -3.70. The fourth-order valence-electron chi connectivity index (χ4n) is 3.56. The first kappa shape index (κ1) is 21.5. The quantitative estimate of drug-likeness (QED) is 0.368. The van der Waals surface area contributed by atoms with Crippen LogP contribution in [0.1, 0.15) is 36.7 Å². The van der Waals surface area contributed by atoms with Crippen molar-refractivity contribution in [3.63, 3.8) is 0 Å². The van der Waals surface area contributed by atoms with Crippen molar-refractivity contribution >= 4 is 28.9 Å². The van der Waals surface area contributed by atoms with Gasteiger partial charge >= 0.3 is 5.97 Å². The third-order valence-electron chi connectivity index (χ3n) is 5.39. The van der Waals surface area contributed by atoms with E-state index in [-0.39, 0.29) is 17.3 Å². The first-order chi connectivity index (χ1) is 15.4. The van der Waals surface area contributed by atoms with E-state index < -0.39 is 5.97 Å². The number of hydrogen-bond acceptors (Lipinski definition) is 3. The Morgan fingerprint density at radius 2 is 1.53 bits per heavy atom. The molecule has 4 rings (SSSR count). The molecule has 160 valence electrons. The molecule has 4 nitrogen and oxygen atoms in total. The molecule has 0 aliphatic carbocycles. The van der Waals surface area contributed by atoms with Crippen molar-refractivity contribution in [2.45, 2.75) is 20.4 Å². The molecule has 0 atom stereocenters. The van der Waals surface area contributed by atoms with Crippen molar-refractivity contribution in [2.24, 2.45) is 0 Å². The van der Waals surface area contributed by atoms with Crippen molar-refractivity contribution < 1.29 is 14.7 Å². The Labute approximate surface area is 191 Å². The van der Waals surface area contributed by atoms with E-state index in [0.29, 0.717) is 11.3 Å². The zero-order valence-corrected chi connectivity index (χ0v) is 18.7. The number of carbonyl (C=O) groups is 2. The number of amides is 1. The summed E-state index contributed by atoms with van der Waals surface area (Å²) in [6, 6.07) is 26.6. The number of anilines is 1. The van der Waals surface area contributed by atoms with Gasteiger partial charge in [-0.1, -0.05) is 72.3 Å². The average molecular weight is 442 g/mol. The lowest BCUT2D eigenvalue weighted by atomic mass is 10.1. The van der Waals surface area contributed by atoms with Gasteiger partial charge in [0.1, 0.15) is 4.88 Å². The van der Waals surface area contributed by atoms with E-state index in [1.165, 1.54) is 11.3 Å². The predicted octanol–water partition coefficient (Wildman–Crippen LogP) is 6.58. The number of benzene rings is 3. The van der Waals surface area contributed by atoms with Crippen LogP contribution in [0.15, 0.2) is 84.9 Å². The van der Waals surface area contributed by atoms with Crippen LogP contribution in [0, 0.1) is 13.8 Å². The van der Waals surface area contributed by atoms with E-state index in [1.54, 1.807) is 17.0 Å². The first-order valence-corrected chi connectivity index (χ1v) is 11.1. The van der Waals surface area contributed by atoms with Crippen LogP contribution < -0.4 is 4.90 Å². The van der Waals surface area contributed by atoms with E-state index >= 15 is 0 Å². The molecule has 0 fully saturated rings. The minimum Gasteiger partial charge on any atom is -0.477 e. The summed E-state index contributed by atoms with van der Waals surface area (Å²) in [6.07, 6.45) is 0.